The standard InChI is InChI=1S/C18H13Cl2FN4O2/c19-14-8-5-12(10-15(14)20)22-18(27)24-23-17(26)16-2-1-9-25(16)13-6-3-11(21)4-7-13/h1-10H,(H,23,26)(H2,22,24,27). The molecule has 6 nitrogen and oxygen atoms in total. The molecule has 3 amide bonds. The summed E-state index contributed by atoms with van der Waals surface area (Å²) in [4.78, 5) is 24.2. The Kier molecular flexibility index (Phi) is 5.63. The number of aromatic nitrogens is 1. The molecule has 0 aliphatic rings. The Labute approximate surface area is 163 Å². The summed E-state index contributed by atoms with van der Waals surface area (Å²) in [5.74, 6) is -0.925. The molecule has 0 saturated carbocycles. The third kappa shape index (κ3) is 4.58. The van der Waals surface area contributed by atoms with Crippen molar-refractivity contribution in [2.75, 3.05) is 5.32 Å². The molecule has 3 N–H and O–H groups in total. The highest BCUT2D eigenvalue weighted by atomic mass is 35.5. The van der Waals surface area contributed by atoms with E-state index < -0.39 is 11.9 Å². The van der Waals surface area contributed by atoms with Gasteiger partial charge in [-0.25, -0.2) is 14.6 Å². The van der Waals surface area contributed by atoms with E-state index in [1.165, 1.54) is 36.4 Å². The normalized spacial score (nSPS) is 10.3. The van der Waals surface area contributed by atoms with E-state index in [4.69, 9.17) is 23.2 Å². The molecule has 3 aromatic rings. The SMILES string of the molecule is O=C(NNC(=O)c1cccn1-c1ccc(F)cc1)Nc1ccc(Cl)c(Cl)c1. The number of halogens is 3. The fourth-order valence-electron chi connectivity index (χ4n) is 2.31. The topological polar surface area (TPSA) is 75.2 Å². The van der Waals surface area contributed by atoms with E-state index in [0.717, 1.165) is 0 Å². The molecule has 2 aromatic carbocycles. The summed E-state index contributed by atoms with van der Waals surface area (Å²) in [6.45, 7) is 0. The molecule has 0 fully saturated rings. The van der Waals surface area contributed by atoms with Crippen LogP contribution in [0.25, 0.3) is 5.69 Å². The van der Waals surface area contributed by atoms with E-state index in [1.54, 1.807) is 29.0 Å². The van der Waals surface area contributed by atoms with Crippen molar-refractivity contribution >= 4 is 40.8 Å². The number of carbonyl (C=O) groups is 2. The van der Waals surface area contributed by atoms with Gasteiger partial charge in [0.2, 0.25) is 0 Å². The first-order valence-corrected chi connectivity index (χ1v) is 8.45. The molecule has 1 aromatic heterocycles. The van der Waals surface area contributed by atoms with E-state index in [-0.39, 0.29) is 16.5 Å². The molecule has 0 spiro atoms. The molecule has 3 rings (SSSR count). The zero-order chi connectivity index (χ0) is 19.4. The number of rotatable bonds is 3. The van der Waals surface area contributed by atoms with Crippen LogP contribution in [0.3, 0.4) is 0 Å². The van der Waals surface area contributed by atoms with Gasteiger partial charge in [-0.05, 0) is 54.6 Å². The van der Waals surface area contributed by atoms with E-state index >= 15 is 0 Å². The highest BCUT2D eigenvalue weighted by Crippen LogP contribution is 2.24. The Hall–Kier alpha value is -3.03. The molecule has 0 atom stereocenters. The fourth-order valence-corrected chi connectivity index (χ4v) is 2.60. The number of benzene rings is 2. The number of carbonyl (C=O) groups excluding carboxylic acids is 2. The molecule has 0 unspecified atom stereocenters. The summed E-state index contributed by atoms with van der Waals surface area (Å²) in [6, 6.07) is 12.8. The third-order valence-corrected chi connectivity index (χ3v) is 4.29. The first-order chi connectivity index (χ1) is 12.9. The van der Waals surface area contributed by atoms with Gasteiger partial charge in [0.25, 0.3) is 5.91 Å². The Morgan fingerprint density at radius 3 is 2.37 bits per heavy atom. The van der Waals surface area contributed by atoms with Gasteiger partial charge in [0.05, 0.1) is 10.0 Å². The van der Waals surface area contributed by atoms with Gasteiger partial charge in [-0.1, -0.05) is 23.2 Å². The van der Waals surface area contributed by atoms with Gasteiger partial charge < -0.3 is 9.88 Å². The number of anilines is 1. The maximum Gasteiger partial charge on any atom is 0.337 e. The van der Waals surface area contributed by atoms with Crippen molar-refractivity contribution < 1.29 is 14.0 Å². The minimum absolute atomic E-state index is 0.261. The number of hydrogen-bond donors (Lipinski definition) is 3. The molecule has 0 aliphatic heterocycles. The van der Waals surface area contributed by atoms with Crippen LogP contribution in [0.2, 0.25) is 10.0 Å². The summed E-state index contributed by atoms with van der Waals surface area (Å²) in [7, 11) is 0. The Morgan fingerprint density at radius 1 is 0.926 bits per heavy atom. The molecule has 9 heteroatoms. The molecular weight excluding hydrogens is 394 g/mol. The van der Waals surface area contributed by atoms with Crippen LogP contribution < -0.4 is 16.2 Å². The predicted molar refractivity (Wildman–Crippen MR) is 102 cm³/mol. The summed E-state index contributed by atoms with van der Waals surface area (Å²) in [6.07, 6.45) is 1.65. The summed E-state index contributed by atoms with van der Waals surface area (Å²) >= 11 is 11.7. The summed E-state index contributed by atoms with van der Waals surface area (Å²) in [5.41, 5.74) is 5.81. The molecule has 0 saturated heterocycles. The number of urea groups is 1. The first kappa shape index (κ1) is 18.8. The molecule has 0 radical (unpaired) electrons. The van der Waals surface area contributed by atoms with E-state index in [1.807, 2.05) is 0 Å². The Morgan fingerprint density at radius 2 is 1.67 bits per heavy atom. The summed E-state index contributed by atoms with van der Waals surface area (Å²) in [5, 5.41) is 3.15. The zero-order valence-electron chi connectivity index (χ0n) is 13.7. The molecule has 1 heterocycles. The molecular formula is C18H13Cl2FN4O2. The van der Waals surface area contributed by atoms with Crippen molar-refractivity contribution in [3.05, 3.63) is 82.4 Å². The van der Waals surface area contributed by atoms with Crippen molar-refractivity contribution in [2.45, 2.75) is 0 Å². The van der Waals surface area contributed by atoms with Gasteiger partial charge in [-0.15, -0.1) is 0 Å². The van der Waals surface area contributed by atoms with Crippen LogP contribution in [0, 0.1) is 5.82 Å². The molecule has 0 bridgehead atoms. The highest BCUT2D eigenvalue weighted by Gasteiger charge is 2.13. The van der Waals surface area contributed by atoms with Crippen LogP contribution in [0.15, 0.2) is 60.8 Å². The number of hydrazine groups is 1. The van der Waals surface area contributed by atoms with Crippen LogP contribution in [0.5, 0.6) is 0 Å². The van der Waals surface area contributed by atoms with Gasteiger partial charge in [-0.2, -0.15) is 0 Å². The molecule has 138 valence electrons. The largest absolute Gasteiger partial charge is 0.337 e. The lowest BCUT2D eigenvalue weighted by Crippen LogP contribution is -2.44. The maximum atomic E-state index is 13.1. The van der Waals surface area contributed by atoms with Gasteiger partial charge in [0, 0.05) is 17.6 Å². The van der Waals surface area contributed by atoms with Gasteiger partial charge >= 0.3 is 6.03 Å². The maximum absolute atomic E-state index is 13.1. The second kappa shape index (κ2) is 8.11. The fraction of sp³-hybridized carbons (Fsp3) is 0. The lowest BCUT2D eigenvalue weighted by atomic mass is 10.3. The van der Waals surface area contributed by atoms with E-state index in [0.29, 0.717) is 16.4 Å². The van der Waals surface area contributed by atoms with Crippen molar-refractivity contribution in [1.29, 1.82) is 0 Å². The number of amides is 3. The average Bonchev–Trinajstić information content (AvgIpc) is 3.13. The van der Waals surface area contributed by atoms with Crippen LogP contribution in [-0.4, -0.2) is 16.5 Å². The minimum Gasteiger partial charge on any atom is -0.312 e. The smallest absolute Gasteiger partial charge is 0.312 e. The minimum atomic E-state index is -0.665. The van der Waals surface area contributed by atoms with Crippen molar-refractivity contribution in [3.63, 3.8) is 0 Å². The van der Waals surface area contributed by atoms with E-state index in [2.05, 4.69) is 16.2 Å². The van der Waals surface area contributed by atoms with Crippen molar-refractivity contribution in [2.24, 2.45) is 0 Å². The number of nitrogens with one attached hydrogen (secondary N) is 3. The third-order valence-electron chi connectivity index (χ3n) is 3.55. The average molecular weight is 407 g/mol. The van der Waals surface area contributed by atoms with Gasteiger partial charge in [0.15, 0.2) is 0 Å². The second-order valence-corrected chi connectivity index (χ2v) is 6.22. The lowest BCUT2D eigenvalue weighted by Gasteiger charge is -2.12. The Balaban J connectivity index is 1.63. The second-order valence-electron chi connectivity index (χ2n) is 5.40. The van der Waals surface area contributed by atoms with Crippen LogP contribution >= 0.6 is 23.2 Å². The highest BCUT2D eigenvalue weighted by molar-refractivity contribution is 6.42. The first-order valence-electron chi connectivity index (χ1n) is 7.70. The zero-order valence-corrected chi connectivity index (χ0v) is 15.2. The number of nitrogens with zero attached hydrogens (tertiary/aromatic N) is 1. The predicted octanol–water partition coefficient (Wildman–Crippen LogP) is 4.39. The van der Waals surface area contributed by atoms with Gasteiger partial charge in [0.1, 0.15) is 11.5 Å². The van der Waals surface area contributed by atoms with Crippen molar-refractivity contribution in [1.82, 2.24) is 15.4 Å². The van der Waals surface area contributed by atoms with Crippen LogP contribution in [-0.2, 0) is 0 Å². The quantitative estimate of drug-likeness (QED) is 0.564. The monoisotopic (exact) mass is 406 g/mol. The van der Waals surface area contributed by atoms with Crippen molar-refractivity contribution in [3.8, 4) is 5.69 Å². The van der Waals surface area contributed by atoms with Crippen LogP contribution in [0.1, 0.15) is 10.5 Å². The van der Waals surface area contributed by atoms with E-state index in [9.17, 15) is 14.0 Å². The van der Waals surface area contributed by atoms with Gasteiger partial charge in [-0.3, -0.25) is 10.2 Å². The number of hydrogen-bond acceptors (Lipinski definition) is 2. The summed E-state index contributed by atoms with van der Waals surface area (Å²) < 4.78 is 14.6. The Bertz CT molecular complexity index is 989. The molecule has 27 heavy (non-hydrogen) atoms. The van der Waals surface area contributed by atoms with Crippen LogP contribution in [0.4, 0.5) is 14.9 Å². The molecule has 0 aliphatic carbocycles. The lowest BCUT2D eigenvalue weighted by molar-refractivity contribution is 0.0931.